The van der Waals surface area contributed by atoms with Crippen LogP contribution in [0.2, 0.25) is 0 Å². The summed E-state index contributed by atoms with van der Waals surface area (Å²) in [6.45, 7) is 2.50. The van der Waals surface area contributed by atoms with Crippen LogP contribution in [0.15, 0.2) is 89.0 Å². The maximum atomic E-state index is 5.58. The van der Waals surface area contributed by atoms with E-state index >= 15 is 0 Å². The van der Waals surface area contributed by atoms with Gasteiger partial charge in [-0.2, -0.15) is 5.10 Å². The first-order valence-electron chi connectivity index (χ1n) is 10.9. The van der Waals surface area contributed by atoms with E-state index in [1.807, 2.05) is 85.8 Å². The van der Waals surface area contributed by atoms with Gasteiger partial charge in [0.25, 0.3) is 0 Å². The Bertz CT molecular complexity index is 1330. The molecular formula is C27H26N4O3. The van der Waals surface area contributed by atoms with Gasteiger partial charge in [0.1, 0.15) is 17.1 Å². The predicted octanol–water partition coefficient (Wildman–Crippen LogP) is 5.35. The van der Waals surface area contributed by atoms with E-state index in [-0.39, 0.29) is 0 Å². The van der Waals surface area contributed by atoms with Gasteiger partial charge in [0.15, 0.2) is 17.3 Å². The molecule has 34 heavy (non-hydrogen) atoms. The van der Waals surface area contributed by atoms with Crippen LogP contribution in [-0.2, 0) is 0 Å². The fourth-order valence-electron chi connectivity index (χ4n) is 3.39. The first-order valence-corrected chi connectivity index (χ1v) is 10.9. The first-order chi connectivity index (χ1) is 16.7. The molecule has 1 aromatic heterocycles. The molecule has 4 rings (SSSR count). The highest BCUT2D eigenvalue weighted by atomic mass is 16.5. The van der Waals surface area contributed by atoms with Crippen LogP contribution in [0, 0.1) is 0 Å². The van der Waals surface area contributed by atoms with Gasteiger partial charge >= 0.3 is 0 Å². The van der Waals surface area contributed by atoms with Crippen molar-refractivity contribution in [1.82, 2.24) is 10.4 Å². The Labute approximate surface area is 198 Å². The quantitative estimate of drug-likeness (QED) is 0.221. The van der Waals surface area contributed by atoms with Crippen LogP contribution in [-0.4, -0.2) is 37.9 Å². The van der Waals surface area contributed by atoms with Crippen LogP contribution >= 0.6 is 0 Å². The number of benzene rings is 3. The summed E-state index contributed by atoms with van der Waals surface area (Å²) < 4.78 is 16.5. The van der Waals surface area contributed by atoms with E-state index in [1.165, 1.54) is 0 Å². The van der Waals surface area contributed by atoms with Gasteiger partial charge in [-0.15, -0.1) is 0 Å². The van der Waals surface area contributed by atoms with E-state index in [4.69, 9.17) is 24.2 Å². The van der Waals surface area contributed by atoms with Crippen LogP contribution in [0.25, 0.3) is 10.9 Å². The lowest BCUT2D eigenvalue weighted by Gasteiger charge is -2.10. The van der Waals surface area contributed by atoms with Gasteiger partial charge in [0.05, 0.1) is 32.6 Å². The van der Waals surface area contributed by atoms with Crippen molar-refractivity contribution in [3.8, 4) is 17.2 Å². The number of aromatic nitrogens is 1. The highest BCUT2D eigenvalue weighted by molar-refractivity contribution is 6.01. The van der Waals surface area contributed by atoms with E-state index in [0.717, 1.165) is 16.5 Å². The average Bonchev–Trinajstić information content (AvgIpc) is 2.89. The van der Waals surface area contributed by atoms with Gasteiger partial charge in [-0.25, -0.2) is 9.98 Å². The standard InChI is InChI=1S/C27H26N4O3/c1-4-34-25-16-13-19(17-26(25)33-3)18-28-31-27(30-22-11-7-8-12-24(22)32-2)23-15-14-20-9-5-6-10-21(20)29-23/h5-18H,4H2,1-3H3,(H,30,31)/b28-18+. The SMILES string of the molecule is CCOc1ccc(/C=N/NC(=Nc2ccccc2OC)c2ccc3ccccc3n2)cc1OC. The Hall–Kier alpha value is -4.39. The number of aliphatic imine (C=N–C) groups is 1. The number of pyridine rings is 1. The number of ether oxygens (including phenoxy) is 3. The summed E-state index contributed by atoms with van der Waals surface area (Å²) in [5, 5.41) is 5.47. The van der Waals surface area contributed by atoms with Gasteiger partial charge < -0.3 is 14.2 Å². The minimum atomic E-state index is 0.490. The number of hydrazone groups is 1. The summed E-state index contributed by atoms with van der Waals surface area (Å²) in [6, 6.07) is 25.0. The second kappa shape index (κ2) is 11.0. The second-order valence-corrected chi connectivity index (χ2v) is 7.23. The van der Waals surface area contributed by atoms with E-state index in [9.17, 15) is 0 Å². The monoisotopic (exact) mass is 454 g/mol. The van der Waals surface area contributed by atoms with Gasteiger partial charge in [0, 0.05) is 5.39 Å². The molecule has 172 valence electrons. The molecule has 0 aliphatic heterocycles. The number of rotatable bonds is 8. The summed E-state index contributed by atoms with van der Waals surface area (Å²) in [7, 11) is 3.23. The molecule has 1 N–H and O–H groups in total. The topological polar surface area (TPSA) is 77.3 Å². The normalized spacial score (nSPS) is 11.6. The fourth-order valence-corrected chi connectivity index (χ4v) is 3.39. The van der Waals surface area contributed by atoms with Crippen molar-refractivity contribution in [1.29, 1.82) is 0 Å². The summed E-state index contributed by atoms with van der Waals surface area (Å²) in [6.07, 6.45) is 1.69. The summed E-state index contributed by atoms with van der Waals surface area (Å²) in [5.41, 5.74) is 6.09. The third-order valence-electron chi connectivity index (χ3n) is 5.03. The molecule has 0 saturated carbocycles. The molecule has 7 nitrogen and oxygen atoms in total. The van der Waals surface area contributed by atoms with E-state index in [2.05, 4.69) is 10.5 Å². The maximum absolute atomic E-state index is 5.58. The molecule has 0 unspecified atom stereocenters. The molecule has 0 spiro atoms. The summed E-state index contributed by atoms with van der Waals surface area (Å²) >= 11 is 0. The number of fused-ring (bicyclic) bond motifs is 1. The van der Waals surface area contributed by atoms with Crippen LogP contribution in [0.4, 0.5) is 5.69 Å². The van der Waals surface area contributed by atoms with Crippen LogP contribution in [0.1, 0.15) is 18.2 Å². The second-order valence-electron chi connectivity index (χ2n) is 7.23. The molecule has 0 amide bonds. The molecule has 0 bridgehead atoms. The van der Waals surface area contributed by atoms with Crippen molar-refractivity contribution in [3.63, 3.8) is 0 Å². The Morgan fingerprint density at radius 3 is 2.50 bits per heavy atom. The molecular weight excluding hydrogens is 428 g/mol. The van der Waals surface area contributed by atoms with Crippen molar-refractivity contribution in [2.45, 2.75) is 6.92 Å². The largest absolute Gasteiger partial charge is 0.494 e. The molecule has 0 aliphatic rings. The number of nitrogens with zero attached hydrogens (tertiary/aromatic N) is 3. The molecule has 4 aromatic rings. The number of nitrogens with one attached hydrogen (secondary N) is 1. The lowest BCUT2D eigenvalue weighted by Crippen LogP contribution is -2.20. The third-order valence-corrected chi connectivity index (χ3v) is 5.03. The van der Waals surface area contributed by atoms with Gasteiger partial charge in [-0.1, -0.05) is 36.4 Å². The van der Waals surface area contributed by atoms with Crippen molar-refractivity contribution in [3.05, 3.63) is 90.1 Å². The number of methoxy groups -OCH3 is 2. The highest BCUT2D eigenvalue weighted by Crippen LogP contribution is 2.28. The van der Waals surface area contributed by atoms with E-state index in [0.29, 0.717) is 41.1 Å². The predicted molar refractivity (Wildman–Crippen MR) is 136 cm³/mol. The molecule has 0 saturated heterocycles. The zero-order chi connectivity index (χ0) is 23.8. The Morgan fingerprint density at radius 2 is 1.68 bits per heavy atom. The van der Waals surface area contributed by atoms with Gasteiger partial charge in [-0.3, -0.25) is 5.43 Å². The van der Waals surface area contributed by atoms with Crippen LogP contribution in [0.3, 0.4) is 0 Å². The number of amidine groups is 1. The minimum Gasteiger partial charge on any atom is -0.494 e. The van der Waals surface area contributed by atoms with Crippen molar-refractivity contribution in [2.24, 2.45) is 10.1 Å². The highest BCUT2D eigenvalue weighted by Gasteiger charge is 2.09. The Morgan fingerprint density at radius 1 is 0.882 bits per heavy atom. The molecule has 1 heterocycles. The maximum Gasteiger partial charge on any atom is 0.173 e. The van der Waals surface area contributed by atoms with E-state index in [1.54, 1.807) is 20.4 Å². The zero-order valence-electron chi connectivity index (χ0n) is 19.4. The Kier molecular flexibility index (Phi) is 7.35. The molecule has 7 heteroatoms. The third kappa shape index (κ3) is 5.32. The van der Waals surface area contributed by atoms with Crippen molar-refractivity contribution >= 4 is 28.6 Å². The van der Waals surface area contributed by atoms with Crippen LogP contribution in [0.5, 0.6) is 17.2 Å². The summed E-state index contributed by atoms with van der Waals surface area (Å²) in [5.74, 6) is 2.48. The first kappa shape index (κ1) is 22.8. The number of hydrogen-bond acceptors (Lipinski definition) is 6. The molecule has 3 aromatic carbocycles. The average molecular weight is 455 g/mol. The Balaban J connectivity index is 1.67. The molecule has 0 radical (unpaired) electrons. The molecule has 0 fully saturated rings. The van der Waals surface area contributed by atoms with Crippen LogP contribution < -0.4 is 19.6 Å². The van der Waals surface area contributed by atoms with Crippen molar-refractivity contribution in [2.75, 3.05) is 20.8 Å². The number of hydrogen-bond donors (Lipinski definition) is 1. The number of para-hydroxylation sites is 3. The zero-order valence-corrected chi connectivity index (χ0v) is 19.4. The fraction of sp³-hybridized carbons (Fsp3) is 0.148. The van der Waals surface area contributed by atoms with E-state index < -0.39 is 0 Å². The van der Waals surface area contributed by atoms with Crippen molar-refractivity contribution < 1.29 is 14.2 Å². The summed E-state index contributed by atoms with van der Waals surface area (Å²) in [4.78, 5) is 9.54. The lowest BCUT2D eigenvalue weighted by atomic mass is 10.2. The molecule has 0 atom stereocenters. The minimum absolute atomic E-state index is 0.490. The molecule has 0 aliphatic carbocycles. The van der Waals surface area contributed by atoms with Gasteiger partial charge in [-0.05, 0) is 55.0 Å². The smallest absolute Gasteiger partial charge is 0.173 e. The van der Waals surface area contributed by atoms with Gasteiger partial charge in [0.2, 0.25) is 0 Å². The lowest BCUT2D eigenvalue weighted by molar-refractivity contribution is 0.311.